The molecule has 2 aromatic carbocycles. The summed E-state index contributed by atoms with van der Waals surface area (Å²) >= 11 is 7.86. The smallest absolute Gasteiger partial charge is 0.227 e. The monoisotopic (exact) mass is 517 g/mol. The molecule has 7 nitrogen and oxygen atoms in total. The van der Waals surface area contributed by atoms with Gasteiger partial charge in [-0.05, 0) is 51.3 Å². The first-order chi connectivity index (χ1) is 16.6. The van der Waals surface area contributed by atoms with Gasteiger partial charge in [0.25, 0.3) is 0 Å². The molecule has 2 N–H and O–H groups in total. The molecule has 2 aromatic heterocycles. The summed E-state index contributed by atoms with van der Waals surface area (Å²) in [6.07, 6.45) is 3.22. The van der Waals surface area contributed by atoms with E-state index in [1.54, 1.807) is 30.5 Å². The van der Waals surface area contributed by atoms with Crippen molar-refractivity contribution in [2.24, 2.45) is 0 Å². The summed E-state index contributed by atoms with van der Waals surface area (Å²) < 4.78 is 37.6. The number of imidazole rings is 1. The minimum absolute atomic E-state index is 0.0859. The summed E-state index contributed by atoms with van der Waals surface area (Å²) in [5, 5.41) is 13.7. The van der Waals surface area contributed by atoms with Gasteiger partial charge in [0, 0.05) is 10.5 Å². The van der Waals surface area contributed by atoms with Crippen LogP contribution in [0.1, 0.15) is 32.6 Å². The molecule has 4 aromatic rings. The molecule has 11 heteroatoms. The molecule has 0 unspecified atom stereocenters. The second-order valence-corrected chi connectivity index (χ2v) is 10.1. The first-order valence-electron chi connectivity index (χ1n) is 10.8. The maximum Gasteiger partial charge on any atom is 0.227 e. The number of thioether (sulfide) groups is 1. The van der Waals surface area contributed by atoms with E-state index in [9.17, 15) is 9.50 Å². The van der Waals surface area contributed by atoms with Crippen LogP contribution in [0.25, 0.3) is 22.3 Å². The van der Waals surface area contributed by atoms with Crippen molar-refractivity contribution in [2.45, 2.75) is 37.3 Å². The Kier molecular flexibility index (Phi) is 5.85. The Morgan fingerprint density at radius 1 is 1.23 bits per heavy atom. The predicted molar refractivity (Wildman–Crippen MR) is 133 cm³/mol. The van der Waals surface area contributed by atoms with Gasteiger partial charge in [0.05, 0.1) is 28.6 Å². The highest BCUT2D eigenvalue weighted by Gasteiger charge is 2.34. The summed E-state index contributed by atoms with van der Waals surface area (Å²) in [6, 6.07) is 5.85. The molecule has 1 aliphatic heterocycles. The molecule has 182 valence electrons. The van der Waals surface area contributed by atoms with Gasteiger partial charge in [-0.25, -0.2) is 23.7 Å². The lowest BCUT2D eigenvalue weighted by Gasteiger charge is -2.28. The Morgan fingerprint density at radius 3 is 2.69 bits per heavy atom. The van der Waals surface area contributed by atoms with Crippen LogP contribution in [-0.2, 0) is 5.60 Å². The molecule has 0 radical (unpaired) electrons. The Bertz CT molecular complexity index is 1470. The van der Waals surface area contributed by atoms with Crippen LogP contribution in [0.5, 0.6) is 5.75 Å². The number of hydrogen-bond acceptors (Lipinski definition) is 7. The van der Waals surface area contributed by atoms with E-state index >= 15 is 4.39 Å². The van der Waals surface area contributed by atoms with E-state index in [0.717, 1.165) is 4.90 Å². The molecule has 5 rings (SSSR count). The highest BCUT2D eigenvalue weighted by atomic mass is 35.5. The van der Waals surface area contributed by atoms with Crippen molar-refractivity contribution >= 4 is 46.0 Å². The van der Waals surface area contributed by atoms with Crippen LogP contribution in [0.3, 0.4) is 0 Å². The quantitative estimate of drug-likeness (QED) is 0.311. The van der Waals surface area contributed by atoms with E-state index < -0.39 is 17.2 Å². The fraction of sp³-hybridized carbons (Fsp3) is 0.292. The molecule has 1 aliphatic rings. The minimum atomic E-state index is -1.30. The van der Waals surface area contributed by atoms with Crippen molar-refractivity contribution in [3.63, 3.8) is 0 Å². The van der Waals surface area contributed by atoms with Crippen LogP contribution in [-0.4, -0.2) is 37.5 Å². The number of nitrogens with zero attached hydrogens (tertiary/aromatic N) is 4. The predicted octanol–water partition coefficient (Wildman–Crippen LogP) is 6.07. The first-order valence-corrected chi connectivity index (χ1v) is 12.4. The zero-order valence-electron chi connectivity index (χ0n) is 19.4. The van der Waals surface area contributed by atoms with Crippen molar-refractivity contribution in [3.05, 3.63) is 52.9 Å². The molecule has 0 bridgehead atoms. The van der Waals surface area contributed by atoms with Crippen LogP contribution < -0.4 is 10.1 Å². The van der Waals surface area contributed by atoms with Crippen LogP contribution in [0.4, 0.5) is 20.4 Å². The summed E-state index contributed by atoms with van der Waals surface area (Å²) in [7, 11) is 0. The lowest BCUT2D eigenvalue weighted by molar-refractivity contribution is 0.0616. The molecule has 0 spiro atoms. The average Bonchev–Trinajstić information content (AvgIpc) is 3.23. The number of anilines is 2. The van der Waals surface area contributed by atoms with Gasteiger partial charge in [-0.3, -0.25) is 0 Å². The third kappa shape index (κ3) is 4.09. The molecule has 0 saturated heterocycles. The zero-order chi connectivity index (χ0) is 25.1. The number of ether oxygens (including phenoxy) is 1. The Morgan fingerprint density at radius 2 is 2.00 bits per heavy atom. The number of nitrogens with one attached hydrogen (secondary N) is 1. The summed E-state index contributed by atoms with van der Waals surface area (Å²) in [4.78, 5) is 13.8. The number of benzene rings is 2. The van der Waals surface area contributed by atoms with Crippen molar-refractivity contribution in [1.29, 1.82) is 0 Å². The van der Waals surface area contributed by atoms with Gasteiger partial charge in [0.2, 0.25) is 5.95 Å². The van der Waals surface area contributed by atoms with Gasteiger partial charge in [-0.2, -0.15) is 0 Å². The van der Waals surface area contributed by atoms with Gasteiger partial charge in [0.1, 0.15) is 34.9 Å². The Labute approximate surface area is 209 Å². The van der Waals surface area contributed by atoms with E-state index in [2.05, 4.69) is 20.3 Å². The molecule has 0 amide bonds. The number of aliphatic hydroxyl groups is 1. The van der Waals surface area contributed by atoms with Crippen LogP contribution in [0, 0.1) is 11.6 Å². The molecular formula is C24H22ClF2N5O2S. The maximum atomic E-state index is 15.3. The van der Waals surface area contributed by atoms with Crippen LogP contribution >= 0.6 is 23.4 Å². The van der Waals surface area contributed by atoms with Gasteiger partial charge in [0.15, 0.2) is 11.6 Å². The van der Waals surface area contributed by atoms with Gasteiger partial charge < -0.3 is 19.7 Å². The molecule has 1 atom stereocenters. The number of halogens is 3. The number of hydrogen-bond donors (Lipinski definition) is 2. The van der Waals surface area contributed by atoms with E-state index in [-0.39, 0.29) is 40.5 Å². The molecule has 0 fully saturated rings. The second-order valence-electron chi connectivity index (χ2n) is 8.82. The molecular weight excluding hydrogens is 496 g/mol. The lowest BCUT2D eigenvalue weighted by atomic mass is 10.1. The fourth-order valence-electron chi connectivity index (χ4n) is 4.13. The third-order valence-electron chi connectivity index (χ3n) is 5.75. The standard InChI is InChI=1S/C24H22ClF2N5O2S/c1-11-10-34-21-13(8-16(27)19-20(21)32(11)22(30-19)24(2,3)33)18-14(25)9-28-23(31-18)29-17-6-5-12(35-4)7-15(17)26/h5-9,11,33H,10H2,1-4H3,(H,28,29,31)/t11-/m0/s1. The average molecular weight is 518 g/mol. The maximum absolute atomic E-state index is 15.3. The number of aromatic nitrogens is 4. The van der Waals surface area contributed by atoms with E-state index in [1.807, 2.05) is 13.2 Å². The Balaban J connectivity index is 1.66. The normalized spacial score (nSPS) is 15.4. The van der Waals surface area contributed by atoms with Crippen LogP contribution in [0.15, 0.2) is 35.4 Å². The van der Waals surface area contributed by atoms with E-state index in [4.69, 9.17) is 16.3 Å². The summed E-state index contributed by atoms with van der Waals surface area (Å²) in [5.74, 6) is -0.295. The summed E-state index contributed by atoms with van der Waals surface area (Å²) in [6.45, 7) is 5.38. The molecule has 3 heterocycles. The highest BCUT2D eigenvalue weighted by Crippen LogP contribution is 2.45. The lowest BCUT2D eigenvalue weighted by Crippen LogP contribution is -2.28. The second kappa shape index (κ2) is 8.61. The van der Waals surface area contributed by atoms with Gasteiger partial charge >= 0.3 is 0 Å². The van der Waals surface area contributed by atoms with E-state index in [0.29, 0.717) is 22.7 Å². The SMILES string of the molecule is CSc1ccc(Nc2ncc(Cl)c(-c3cc(F)c4nc(C(C)(C)O)n5c4c3OC[C@@H]5C)n2)c(F)c1. The third-order valence-corrected chi connectivity index (χ3v) is 6.75. The summed E-state index contributed by atoms with van der Waals surface area (Å²) in [5.41, 5.74) is -0.0801. The topological polar surface area (TPSA) is 85.1 Å². The van der Waals surface area contributed by atoms with Crippen molar-refractivity contribution < 1.29 is 18.6 Å². The minimum Gasteiger partial charge on any atom is -0.488 e. The van der Waals surface area contributed by atoms with Gasteiger partial charge in [-0.15, -0.1) is 11.8 Å². The molecule has 35 heavy (non-hydrogen) atoms. The van der Waals surface area contributed by atoms with E-state index in [1.165, 1.54) is 30.1 Å². The van der Waals surface area contributed by atoms with Crippen LogP contribution in [0.2, 0.25) is 5.02 Å². The first kappa shape index (κ1) is 23.8. The Hall–Kier alpha value is -2.95. The molecule has 0 saturated carbocycles. The van der Waals surface area contributed by atoms with Crippen molar-refractivity contribution in [2.75, 3.05) is 18.2 Å². The number of rotatable bonds is 5. The zero-order valence-corrected chi connectivity index (χ0v) is 20.9. The molecule has 0 aliphatic carbocycles. The van der Waals surface area contributed by atoms with Gasteiger partial charge in [-0.1, -0.05) is 11.6 Å². The van der Waals surface area contributed by atoms with Crippen molar-refractivity contribution in [3.8, 4) is 17.0 Å². The highest BCUT2D eigenvalue weighted by molar-refractivity contribution is 7.98. The van der Waals surface area contributed by atoms with Crippen molar-refractivity contribution in [1.82, 2.24) is 19.5 Å². The largest absolute Gasteiger partial charge is 0.488 e. The fourth-order valence-corrected chi connectivity index (χ4v) is 4.74.